The molecular formula is C14H21BN2O2. The van der Waals surface area contributed by atoms with E-state index in [4.69, 9.17) is 14.7 Å². The smallest absolute Gasteiger partial charge is 0.399 e. The summed E-state index contributed by atoms with van der Waals surface area (Å²) in [4.78, 5) is 0. The number of nitrogens with one attached hydrogen (secondary N) is 2. The van der Waals surface area contributed by atoms with E-state index in [0.29, 0.717) is 5.71 Å². The maximum absolute atomic E-state index is 7.84. The molecule has 1 aliphatic heterocycles. The zero-order valence-electron chi connectivity index (χ0n) is 12.2. The highest BCUT2D eigenvalue weighted by Gasteiger charge is 2.52. The Morgan fingerprint density at radius 1 is 1.16 bits per heavy atom. The van der Waals surface area contributed by atoms with Gasteiger partial charge in [-0.05, 0) is 39.2 Å². The van der Waals surface area contributed by atoms with Crippen molar-refractivity contribution in [3.63, 3.8) is 0 Å². The first-order valence-electron chi connectivity index (χ1n) is 6.48. The molecule has 102 valence electrons. The van der Waals surface area contributed by atoms with Gasteiger partial charge in [0.05, 0.1) is 16.9 Å². The third-order valence-electron chi connectivity index (χ3n) is 3.90. The number of allylic oxidation sites excluding steroid dienone is 5. The predicted octanol–water partition coefficient (Wildman–Crippen LogP) is 2.24. The van der Waals surface area contributed by atoms with Crippen LogP contribution in [0.3, 0.4) is 0 Å². The van der Waals surface area contributed by atoms with E-state index < -0.39 is 0 Å². The Labute approximate surface area is 115 Å². The minimum absolute atomic E-state index is 0.343. The molecule has 0 aromatic heterocycles. The van der Waals surface area contributed by atoms with Gasteiger partial charge in [-0.1, -0.05) is 12.2 Å². The Morgan fingerprint density at radius 2 is 1.74 bits per heavy atom. The van der Waals surface area contributed by atoms with E-state index in [9.17, 15) is 0 Å². The lowest BCUT2D eigenvalue weighted by molar-refractivity contribution is 0.00578. The first-order valence-corrected chi connectivity index (χ1v) is 6.48. The monoisotopic (exact) mass is 260 g/mol. The summed E-state index contributed by atoms with van der Waals surface area (Å²) in [6, 6.07) is 0. The van der Waals surface area contributed by atoms with Crippen LogP contribution < -0.4 is 5.32 Å². The van der Waals surface area contributed by atoms with E-state index in [1.165, 1.54) is 0 Å². The minimum atomic E-state index is -0.380. The second-order valence-corrected chi connectivity index (χ2v) is 5.87. The van der Waals surface area contributed by atoms with Crippen molar-refractivity contribution in [3.8, 4) is 0 Å². The molecule has 19 heavy (non-hydrogen) atoms. The normalized spacial score (nSPS) is 26.8. The molecule has 0 aromatic carbocycles. The Hall–Kier alpha value is -1.33. The van der Waals surface area contributed by atoms with Gasteiger partial charge in [-0.3, -0.25) is 0 Å². The molecule has 0 radical (unpaired) electrons. The van der Waals surface area contributed by atoms with Crippen LogP contribution in [-0.2, 0) is 9.31 Å². The molecule has 0 bridgehead atoms. The van der Waals surface area contributed by atoms with Crippen LogP contribution in [0, 0.1) is 5.41 Å². The second-order valence-electron chi connectivity index (χ2n) is 5.87. The summed E-state index contributed by atoms with van der Waals surface area (Å²) in [5.41, 5.74) is 1.56. The van der Waals surface area contributed by atoms with Crippen molar-refractivity contribution in [1.82, 2.24) is 5.32 Å². The molecule has 5 heteroatoms. The van der Waals surface area contributed by atoms with E-state index in [2.05, 4.69) is 5.32 Å². The molecule has 0 amide bonds. The van der Waals surface area contributed by atoms with Gasteiger partial charge in [0.25, 0.3) is 0 Å². The van der Waals surface area contributed by atoms with Crippen molar-refractivity contribution in [3.05, 3.63) is 35.5 Å². The summed E-state index contributed by atoms with van der Waals surface area (Å²) >= 11 is 0. The number of rotatable bonds is 2. The predicted molar refractivity (Wildman–Crippen MR) is 78.2 cm³/mol. The van der Waals surface area contributed by atoms with Crippen LogP contribution in [0.15, 0.2) is 35.5 Å². The van der Waals surface area contributed by atoms with Crippen LogP contribution >= 0.6 is 0 Å². The standard InChI is InChI=1S/C14H21BN2O2/c1-13(2)14(3,4)19-15(18-13)11-6-7-12(16)10(8-11)9-17-5/h6-9,16-17H,1-5H3/b10-9-,16-12?. The molecule has 0 saturated carbocycles. The molecule has 0 spiro atoms. The Kier molecular flexibility index (Phi) is 3.45. The first kappa shape index (κ1) is 14.1. The van der Waals surface area contributed by atoms with Crippen molar-refractivity contribution in [2.24, 2.45) is 0 Å². The van der Waals surface area contributed by atoms with E-state index >= 15 is 0 Å². The van der Waals surface area contributed by atoms with Gasteiger partial charge in [-0.2, -0.15) is 0 Å². The van der Waals surface area contributed by atoms with Gasteiger partial charge in [0.15, 0.2) is 0 Å². The lowest BCUT2D eigenvalue weighted by Gasteiger charge is -2.32. The van der Waals surface area contributed by atoms with Crippen molar-refractivity contribution >= 4 is 12.8 Å². The second kappa shape index (κ2) is 4.65. The van der Waals surface area contributed by atoms with Crippen LogP contribution in [0.2, 0.25) is 0 Å². The van der Waals surface area contributed by atoms with Crippen LogP contribution in [0.1, 0.15) is 27.7 Å². The largest absolute Gasteiger partial charge is 0.494 e. The summed E-state index contributed by atoms with van der Waals surface area (Å²) in [6.07, 6.45) is 7.39. The van der Waals surface area contributed by atoms with Gasteiger partial charge < -0.3 is 20.0 Å². The maximum atomic E-state index is 7.84. The fourth-order valence-electron chi connectivity index (χ4n) is 1.98. The van der Waals surface area contributed by atoms with E-state index in [1.807, 2.05) is 46.9 Å². The van der Waals surface area contributed by atoms with Crippen molar-refractivity contribution in [2.75, 3.05) is 7.05 Å². The van der Waals surface area contributed by atoms with Gasteiger partial charge in [0.1, 0.15) is 0 Å². The molecule has 2 N–H and O–H groups in total. The third kappa shape index (κ3) is 2.53. The zero-order chi connectivity index (χ0) is 14.3. The van der Waals surface area contributed by atoms with Gasteiger partial charge in [-0.25, -0.2) is 0 Å². The van der Waals surface area contributed by atoms with Gasteiger partial charge in [-0.15, -0.1) is 0 Å². The summed E-state index contributed by atoms with van der Waals surface area (Å²) in [5, 5.41) is 10.8. The molecular weight excluding hydrogens is 239 g/mol. The molecule has 1 heterocycles. The molecule has 0 unspecified atom stereocenters. The minimum Gasteiger partial charge on any atom is -0.399 e. The molecule has 0 atom stereocenters. The topological polar surface area (TPSA) is 54.3 Å². The average molecular weight is 260 g/mol. The van der Waals surface area contributed by atoms with E-state index in [1.54, 1.807) is 12.3 Å². The van der Waals surface area contributed by atoms with Crippen molar-refractivity contribution < 1.29 is 9.31 Å². The van der Waals surface area contributed by atoms with E-state index in [0.717, 1.165) is 11.0 Å². The SMILES string of the molecule is CN/C=C1/C=C(B2OC(C)(C)C(C)(C)O2)C=CC1=N. The van der Waals surface area contributed by atoms with Crippen LogP contribution in [0.5, 0.6) is 0 Å². The third-order valence-corrected chi connectivity index (χ3v) is 3.90. The molecule has 4 nitrogen and oxygen atoms in total. The lowest BCUT2D eigenvalue weighted by atomic mass is 9.74. The number of hydrogen-bond acceptors (Lipinski definition) is 4. The van der Waals surface area contributed by atoms with Crippen molar-refractivity contribution in [2.45, 2.75) is 38.9 Å². The average Bonchev–Trinajstić information content (AvgIpc) is 2.51. The van der Waals surface area contributed by atoms with Crippen LogP contribution in [0.4, 0.5) is 0 Å². The summed E-state index contributed by atoms with van der Waals surface area (Å²) in [6.45, 7) is 8.14. The highest BCUT2D eigenvalue weighted by Crippen LogP contribution is 2.39. The van der Waals surface area contributed by atoms with Gasteiger partial charge >= 0.3 is 7.12 Å². The fraction of sp³-hybridized carbons (Fsp3) is 0.500. The molecule has 0 aromatic rings. The highest BCUT2D eigenvalue weighted by molar-refractivity contribution is 6.56. The summed E-state index contributed by atoms with van der Waals surface area (Å²) < 4.78 is 12.0. The van der Waals surface area contributed by atoms with Crippen molar-refractivity contribution in [1.29, 1.82) is 5.41 Å². The molecule has 2 rings (SSSR count). The van der Waals surface area contributed by atoms with Gasteiger partial charge in [0, 0.05) is 18.8 Å². The Balaban J connectivity index is 2.25. The quantitative estimate of drug-likeness (QED) is 0.748. The van der Waals surface area contributed by atoms with Crippen LogP contribution in [-0.4, -0.2) is 31.1 Å². The van der Waals surface area contributed by atoms with Gasteiger partial charge in [0.2, 0.25) is 0 Å². The maximum Gasteiger partial charge on any atom is 0.494 e. The summed E-state index contributed by atoms with van der Waals surface area (Å²) in [5.74, 6) is 0. The first-order chi connectivity index (χ1) is 8.77. The van der Waals surface area contributed by atoms with E-state index in [-0.39, 0.29) is 18.3 Å². The number of hydrogen-bond donors (Lipinski definition) is 2. The lowest BCUT2D eigenvalue weighted by Crippen LogP contribution is -2.41. The molecule has 1 saturated heterocycles. The van der Waals surface area contributed by atoms with Crippen LogP contribution in [0.25, 0.3) is 0 Å². The molecule has 1 fully saturated rings. The Bertz CT molecular complexity index is 474. The Morgan fingerprint density at radius 3 is 2.26 bits per heavy atom. The fourth-order valence-corrected chi connectivity index (χ4v) is 1.98. The zero-order valence-corrected chi connectivity index (χ0v) is 12.2. The molecule has 2 aliphatic rings. The highest BCUT2D eigenvalue weighted by atomic mass is 16.7. The molecule has 1 aliphatic carbocycles. The summed E-state index contributed by atoms with van der Waals surface area (Å²) in [7, 11) is 1.44.